The maximum Gasteiger partial charge on any atom is 0.305 e. The van der Waals surface area contributed by atoms with E-state index >= 15 is 0 Å². The highest BCUT2D eigenvalue weighted by atomic mass is 19.1. The first-order valence-corrected chi connectivity index (χ1v) is 15.9. The lowest BCUT2D eigenvalue weighted by Gasteiger charge is -2.29. The summed E-state index contributed by atoms with van der Waals surface area (Å²) in [5.41, 5.74) is 5.14. The van der Waals surface area contributed by atoms with Crippen molar-refractivity contribution in [3.63, 3.8) is 0 Å². The predicted octanol–water partition coefficient (Wildman–Crippen LogP) is -5.81. The number of aliphatic carboxylic acids is 3. The fraction of sp³-hybridized carbons (Fsp3) is 0.621. The molecule has 24 heteroatoms. The normalized spacial score (nSPS) is 17.8. The molecule has 1 heterocycles. The third-order valence-electron chi connectivity index (χ3n) is 7.44. The zero-order valence-corrected chi connectivity index (χ0v) is 28.6. The van der Waals surface area contributed by atoms with E-state index in [0.717, 1.165) is 13.8 Å². The Bertz CT molecular complexity index is 1440. The fourth-order valence-corrected chi connectivity index (χ4v) is 4.84. The largest absolute Gasteiger partial charge is 0.481 e. The van der Waals surface area contributed by atoms with Gasteiger partial charge in [0.15, 0.2) is 0 Å². The van der Waals surface area contributed by atoms with E-state index in [0.29, 0.717) is 4.90 Å². The maximum atomic E-state index is 14.6. The molecule has 1 aliphatic rings. The van der Waals surface area contributed by atoms with E-state index in [9.17, 15) is 72.4 Å². The van der Waals surface area contributed by atoms with Crippen molar-refractivity contribution in [3.05, 3.63) is 0 Å². The van der Waals surface area contributed by atoms with Crippen LogP contribution in [0.4, 0.5) is 4.39 Å². The second-order valence-electron chi connectivity index (χ2n) is 11.9. The first-order chi connectivity index (χ1) is 24.6. The molecule has 1 aliphatic heterocycles. The highest BCUT2D eigenvalue weighted by Gasteiger charge is 2.44. The van der Waals surface area contributed by atoms with Gasteiger partial charge in [0.2, 0.25) is 47.3 Å². The van der Waals surface area contributed by atoms with Crippen LogP contribution in [0.2, 0.25) is 0 Å². The molecule has 7 atom stereocenters. The molecule has 0 aliphatic carbocycles. The van der Waals surface area contributed by atoms with Crippen molar-refractivity contribution in [2.75, 3.05) is 19.6 Å². The zero-order valence-electron chi connectivity index (χ0n) is 28.6. The molecule has 0 unspecified atom stereocenters. The van der Waals surface area contributed by atoms with Crippen molar-refractivity contribution in [1.82, 2.24) is 36.8 Å². The summed E-state index contributed by atoms with van der Waals surface area (Å²) in [7, 11) is 0. The number of hydrogen-bond acceptors (Lipinski definition) is 12. The number of rotatable bonds is 22. The molecule has 0 aromatic heterocycles. The number of carboxylic acids is 3. The van der Waals surface area contributed by atoms with Crippen LogP contribution in [0, 0.1) is 0 Å². The minimum absolute atomic E-state index is 0.363. The van der Waals surface area contributed by atoms with Gasteiger partial charge in [-0.1, -0.05) is 0 Å². The molecule has 0 bridgehead atoms. The van der Waals surface area contributed by atoms with Crippen LogP contribution in [0.25, 0.3) is 0 Å². The SMILES string of the molecule is CC(=O)NCC(=O)N[C@@H](CC(=O)O)C(=O)N1C[C@@H](F)C[C@H]1C(=O)N[C@@H](CCC(=O)O)C(=O)N[C@H](C(=O)NCC(=O)N[C@@H](CCC(=O)O)C(N)=O)[C@@H](C)O. The van der Waals surface area contributed by atoms with Crippen LogP contribution in [-0.4, -0.2) is 153 Å². The lowest BCUT2D eigenvalue weighted by molar-refractivity contribution is -0.146. The Balaban J connectivity index is 3.13. The van der Waals surface area contributed by atoms with Crippen LogP contribution in [0.15, 0.2) is 0 Å². The summed E-state index contributed by atoms with van der Waals surface area (Å²) < 4.78 is 14.6. The summed E-state index contributed by atoms with van der Waals surface area (Å²) in [4.78, 5) is 134. The van der Waals surface area contributed by atoms with Gasteiger partial charge in [-0.15, -0.1) is 0 Å². The van der Waals surface area contributed by atoms with Gasteiger partial charge in [-0.05, 0) is 19.8 Å². The smallest absolute Gasteiger partial charge is 0.305 e. The second kappa shape index (κ2) is 21.4. The zero-order chi connectivity index (χ0) is 40.6. The summed E-state index contributed by atoms with van der Waals surface area (Å²) in [6, 6.07) is -8.55. The average Bonchev–Trinajstić information content (AvgIpc) is 3.45. The van der Waals surface area contributed by atoms with Crippen molar-refractivity contribution in [3.8, 4) is 0 Å². The second-order valence-corrected chi connectivity index (χ2v) is 11.9. The molecule has 53 heavy (non-hydrogen) atoms. The minimum atomic E-state index is -1.84. The molecule has 296 valence electrons. The first-order valence-electron chi connectivity index (χ1n) is 15.9. The van der Waals surface area contributed by atoms with Crippen LogP contribution in [0.1, 0.15) is 52.4 Å². The Morgan fingerprint density at radius 2 is 1.28 bits per heavy atom. The number of nitrogens with one attached hydrogen (secondary N) is 6. The molecule has 0 radical (unpaired) electrons. The Labute approximate surface area is 299 Å². The number of carboxylic acid groups (broad SMARTS) is 3. The third-order valence-corrected chi connectivity index (χ3v) is 7.44. The van der Waals surface area contributed by atoms with Crippen molar-refractivity contribution >= 4 is 65.2 Å². The van der Waals surface area contributed by atoms with Crippen LogP contribution in [0.5, 0.6) is 0 Å². The van der Waals surface area contributed by atoms with E-state index in [1.54, 1.807) is 0 Å². The maximum absolute atomic E-state index is 14.6. The molecule has 12 N–H and O–H groups in total. The lowest BCUT2D eigenvalue weighted by atomic mass is 10.1. The average molecular weight is 763 g/mol. The molecular weight excluding hydrogens is 719 g/mol. The van der Waals surface area contributed by atoms with Gasteiger partial charge in [-0.3, -0.25) is 52.7 Å². The number of carbonyl (C=O) groups excluding carboxylic acids is 8. The highest BCUT2D eigenvalue weighted by Crippen LogP contribution is 2.23. The van der Waals surface area contributed by atoms with Gasteiger partial charge in [0, 0.05) is 26.2 Å². The molecule has 1 saturated heterocycles. The lowest BCUT2D eigenvalue weighted by Crippen LogP contribution is -2.60. The Morgan fingerprint density at radius 1 is 0.755 bits per heavy atom. The van der Waals surface area contributed by atoms with Gasteiger partial charge in [-0.25, -0.2) is 4.39 Å². The standard InChI is InChI=1S/C29H43FN8O15/c1-12(39)24(28(52)33-10-20(42)34-15(25(31)49)3-5-21(43)44)37-26(50)16(4-6-22(45)46)36-27(51)18-7-14(30)11-38(18)29(53)17(8-23(47)48)35-19(41)9-32-13(2)40/h12,14-18,24,39H,3-11H2,1-2H3,(H2,31,49)(H,32,40)(H,33,52)(H,34,42)(H,35,41)(H,36,51)(H,37,50)(H,43,44)(H,45,46)(H,47,48)/t12-,14+,15+,16+,17+,18+,24+/m1/s1. The van der Waals surface area contributed by atoms with Crippen LogP contribution in [-0.2, 0) is 52.7 Å². The van der Waals surface area contributed by atoms with Crippen molar-refractivity contribution in [2.24, 2.45) is 5.73 Å². The van der Waals surface area contributed by atoms with Crippen LogP contribution >= 0.6 is 0 Å². The van der Waals surface area contributed by atoms with E-state index in [1.165, 1.54) is 0 Å². The Kier molecular flexibility index (Phi) is 18.2. The van der Waals surface area contributed by atoms with Gasteiger partial charge >= 0.3 is 17.9 Å². The number of hydrogen-bond donors (Lipinski definition) is 11. The number of primary amides is 1. The molecule has 0 saturated carbocycles. The number of halogens is 1. The van der Waals surface area contributed by atoms with Crippen LogP contribution < -0.4 is 37.6 Å². The van der Waals surface area contributed by atoms with E-state index in [1.807, 2.05) is 0 Å². The number of likely N-dealkylation sites (tertiary alicyclic amines) is 1. The fourth-order valence-electron chi connectivity index (χ4n) is 4.84. The van der Waals surface area contributed by atoms with E-state index < -0.39 is 159 Å². The topological polar surface area (TPSA) is 370 Å². The van der Waals surface area contributed by atoms with Crippen molar-refractivity contribution < 1.29 is 77.6 Å². The van der Waals surface area contributed by atoms with E-state index in [2.05, 4.69) is 31.9 Å². The van der Waals surface area contributed by atoms with Crippen LogP contribution in [0.3, 0.4) is 0 Å². The quantitative estimate of drug-likeness (QED) is 0.0489. The monoisotopic (exact) mass is 762 g/mol. The summed E-state index contributed by atoms with van der Waals surface area (Å²) in [5, 5.41) is 50.2. The first kappa shape index (κ1) is 45.1. The van der Waals surface area contributed by atoms with Gasteiger partial charge in [-0.2, -0.15) is 0 Å². The number of aliphatic hydroxyl groups excluding tert-OH is 1. The summed E-state index contributed by atoms with van der Waals surface area (Å²) in [5.74, 6) is -12.8. The number of aliphatic hydroxyl groups is 1. The molecule has 0 aromatic rings. The molecule has 0 spiro atoms. The molecule has 1 rings (SSSR count). The Hall–Kier alpha value is -5.94. The van der Waals surface area contributed by atoms with Crippen molar-refractivity contribution in [1.29, 1.82) is 0 Å². The summed E-state index contributed by atoms with van der Waals surface area (Å²) in [6.07, 6.45) is -7.43. The molecule has 0 aromatic carbocycles. The molecular formula is C29H43FN8O15. The third kappa shape index (κ3) is 16.3. The van der Waals surface area contributed by atoms with Crippen molar-refractivity contribution in [2.45, 2.75) is 94.9 Å². The predicted molar refractivity (Wildman–Crippen MR) is 171 cm³/mol. The molecule has 8 amide bonds. The van der Waals surface area contributed by atoms with Gasteiger partial charge < -0.3 is 63.0 Å². The van der Waals surface area contributed by atoms with Gasteiger partial charge in [0.05, 0.1) is 32.2 Å². The number of nitrogens with two attached hydrogens (primary N) is 1. The van der Waals surface area contributed by atoms with E-state index in [-0.39, 0.29) is 6.42 Å². The summed E-state index contributed by atoms with van der Waals surface area (Å²) >= 11 is 0. The molecule has 23 nitrogen and oxygen atoms in total. The number of alkyl halides is 1. The number of carbonyl (C=O) groups is 11. The number of nitrogens with zero attached hydrogens (tertiary/aromatic N) is 1. The summed E-state index contributed by atoms with van der Waals surface area (Å²) in [6.45, 7) is -0.0851. The van der Waals surface area contributed by atoms with E-state index in [4.69, 9.17) is 10.8 Å². The Morgan fingerprint density at radius 3 is 1.77 bits per heavy atom. The molecule has 1 fully saturated rings. The van der Waals surface area contributed by atoms with Gasteiger partial charge in [0.1, 0.15) is 36.4 Å². The number of amides is 8. The highest BCUT2D eigenvalue weighted by molar-refractivity contribution is 5.98. The van der Waals surface area contributed by atoms with Gasteiger partial charge in [0.25, 0.3) is 0 Å². The minimum Gasteiger partial charge on any atom is -0.481 e.